The zero-order valence-electron chi connectivity index (χ0n) is 74.0. The Bertz CT molecular complexity index is 6860. The Morgan fingerprint density at radius 2 is 0.702 bits per heavy atom. The summed E-state index contributed by atoms with van der Waals surface area (Å²) in [6, 6.07) is 101. The molecule has 1 aliphatic rings. The molecular formula is C109H104N7O14P. The average molecular weight is 1770 g/mol. The second-order valence-corrected chi connectivity index (χ2v) is 34.8. The van der Waals surface area contributed by atoms with Gasteiger partial charge < -0.3 is 69.0 Å². The Labute approximate surface area is 761 Å². The van der Waals surface area contributed by atoms with Gasteiger partial charge in [0.2, 0.25) is 0 Å². The fourth-order valence-electron chi connectivity index (χ4n) is 16.9. The van der Waals surface area contributed by atoms with Crippen molar-refractivity contribution in [2.24, 2.45) is 5.73 Å². The summed E-state index contributed by atoms with van der Waals surface area (Å²) < 4.78 is 56.7. The molecule has 1 amide bonds. The molecule has 0 spiro atoms. The molecule has 7 N–H and O–H groups in total. The van der Waals surface area contributed by atoms with Gasteiger partial charge in [0.1, 0.15) is 80.4 Å². The van der Waals surface area contributed by atoms with Crippen molar-refractivity contribution in [2.75, 3.05) is 21.7 Å². The number of hydrogen-bond donors (Lipinski definition) is 6. The van der Waals surface area contributed by atoms with Gasteiger partial charge in [0, 0.05) is 97.0 Å². The number of amides is 1. The van der Waals surface area contributed by atoms with Crippen molar-refractivity contribution >= 4 is 47.6 Å². The van der Waals surface area contributed by atoms with E-state index in [0.717, 1.165) is 145 Å². The number of nitrogens with zero attached hydrogens (tertiary/aromatic N) is 3. The molecule has 22 heteroatoms. The largest absolute Gasteiger partial charge is 0.489 e. The van der Waals surface area contributed by atoms with Crippen LogP contribution in [0.3, 0.4) is 0 Å². The number of carbonyl (C=O) groups excluding carboxylic acids is 2. The third-order valence-electron chi connectivity index (χ3n) is 23.2. The van der Waals surface area contributed by atoms with E-state index in [2.05, 4.69) is 186 Å². The number of H-pyrrole nitrogens is 2. The number of benzene rings is 14. The standard InChI is InChI=1S/C109H104N7O14P/c1-71-21-19-23-77(47-71)65-124-99-31-13-7-25-83(99)59-114(46-45-105(110)130-131(121,122)123)60-84-26-8-14-32-100(84)126-67-79-37-41-93(75(5)53-79)89-51-74(4)50-82(56-89)70-129-104-36-18-12-30-88(104)64-116(92-40-44-97-98(58-92)113-109(120)108(119)112-97)63-87-29-10-16-34-102(87)127-68-80-38-42-94(76(6)54-80)90-52-73(3)49-81(55-90)69-128-103-35-17-11-28-86(103)62-115(91-39-43-96-95(57-91)106(117)107(118)111-96)61-85-27-9-15-33-101(85)125-66-78-24-20-22-72(2)48-78/h7-44,47-58,105H,45-46,59-70,110H2,1-6H3,(H,112,119)(H,113,120)(H,111,117,118)(H2,121,122,123)/t105-/m1/s1. The van der Waals surface area contributed by atoms with E-state index in [0.29, 0.717) is 111 Å². The topological polar surface area (TPSA) is 270 Å². The van der Waals surface area contributed by atoms with Crippen LogP contribution in [-0.4, -0.2) is 49.1 Å². The minimum absolute atomic E-state index is 0.140. The highest BCUT2D eigenvalue weighted by Crippen LogP contribution is 2.40. The Morgan fingerprint density at radius 1 is 0.344 bits per heavy atom. The van der Waals surface area contributed by atoms with Crippen LogP contribution in [0, 0.1) is 41.5 Å². The quantitative estimate of drug-likeness (QED) is 0.0119. The van der Waals surface area contributed by atoms with Gasteiger partial charge in [-0.2, -0.15) is 0 Å². The lowest BCUT2D eigenvalue weighted by Crippen LogP contribution is -2.31. The molecule has 15 aromatic rings. The van der Waals surface area contributed by atoms with Crippen LogP contribution in [0.5, 0.6) is 34.5 Å². The molecule has 2 heterocycles. The van der Waals surface area contributed by atoms with Gasteiger partial charge in [0.25, 0.3) is 11.7 Å². The third kappa shape index (κ3) is 23.6. The van der Waals surface area contributed by atoms with Crippen LogP contribution in [0.1, 0.15) is 117 Å². The van der Waals surface area contributed by atoms with Crippen LogP contribution in [0.2, 0.25) is 0 Å². The van der Waals surface area contributed by atoms with Gasteiger partial charge in [-0.1, -0.05) is 241 Å². The number of anilines is 3. The fourth-order valence-corrected chi connectivity index (χ4v) is 17.3. The molecule has 0 saturated heterocycles. The highest BCUT2D eigenvalue weighted by Gasteiger charge is 2.30. The third-order valence-corrected chi connectivity index (χ3v) is 23.8. The number of rotatable bonds is 39. The molecule has 1 aliphatic heterocycles. The number of ketones is 1. The van der Waals surface area contributed by atoms with Crippen LogP contribution < -0.4 is 60.4 Å². The summed E-state index contributed by atoms with van der Waals surface area (Å²) in [6.45, 7) is 17.2. The Kier molecular flexibility index (Phi) is 28.4. The van der Waals surface area contributed by atoms with Crippen molar-refractivity contribution in [1.82, 2.24) is 14.9 Å². The highest BCUT2D eigenvalue weighted by molar-refractivity contribution is 7.46. The monoisotopic (exact) mass is 1770 g/mol. The van der Waals surface area contributed by atoms with Crippen LogP contribution in [-0.2, 0) is 92.8 Å². The summed E-state index contributed by atoms with van der Waals surface area (Å²) in [7, 11) is -4.83. The number of carbonyl (C=O) groups is 2. The molecule has 0 aliphatic carbocycles. The van der Waals surface area contributed by atoms with E-state index in [4.69, 9.17) is 38.7 Å². The molecular weight excluding hydrogens is 1660 g/mol. The lowest BCUT2D eigenvalue weighted by atomic mass is 9.95. The van der Waals surface area contributed by atoms with Crippen LogP contribution >= 0.6 is 7.82 Å². The first-order valence-electron chi connectivity index (χ1n) is 43.7. The van der Waals surface area contributed by atoms with Crippen molar-refractivity contribution in [3.05, 3.63) is 430 Å². The van der Waals surface area contributed by atoms with Crippen molar-refractivity contribution in [2.45, 2.75) is 133 Å². The molecule has 0 radical (unpaired) electrons. The summed E-state index contributed by atoms with van der Waals surface area (Å²) >= 11 is 0. The number of phosphoric ester groups is 1. The number of nitrogens with two attached hydrogens (primary N) is 1. The first kappa shape index (κ1) is 90.0. The molecule has 0 fully saturated rings. The average Bonchev–Trinajstić information content (AvgIpc) is 1.61. The summed E-state index contributed by atoms with van der Waals surface area (Å²) in [4.78, 5) is 82.3. The Morgan fingerprint density at radius 3 is 1.10 bits per heavy atom. The smallest absolute Gasteiger partial charge is 0.471 e. The predicted octanol–water partition coefficient (Wildman–Crippen LogP) is 21.2. The van der Waals surface area contributed by atoms with E-state index in [1.54, 1.807) is 18.2 Å². The van der Waals surface area contributed by atoms with Gasteiger partial charge in [-0.25, -0.2) is 4.57 Å². The van der Waals surface area contributed by atoms with Gasteiger partial charge >= 0.3 is 18.9 Å². The summed E-state index contributed by atoms with van der Waals surface area (Å²) in [6.07, 6.45) is -1.06. The predicted molar refractivity (Wildman–Crippen MR) is 514 cm³/mol. The maximum Gasteiger partial charge on any atom is 0.471 e. The summed E-state index contributed by atoms with van der Waals surface area (Å²) in [5, 5.41) is 2.70. The fraction of sp³-hybridized carbons (Fsp3) is 0.193. The lowest BCUT2D eigenvalue weighted by molar-refractivity contribution is -0.112. The van der Waals surface area contributed by atoms with Gasteiger partial charge in [-0.05, 0) is 193 Å². The lowest BCUT2D eigenvalue weighted by Gasteiger charge is -2.27. The molecule has 1 atom stereocenters. The molecule has 0 unspecified atom stereocenters. The molecule has 1 aromatic heterocycles. The van der Waals surface area contributed by atoms with Crippen molar-refractivity contribution in [3.63, 3.8) is 0 Å². The first-order valence-corrected chi connectivity index (χ1v) is 45.2. The summed E-state index contributed by atoms with van der Waals surface area (Å²) in [5.41, 5.74) is 30.4. The van der Waals surface area contributed by atoms with Gasteiger partial charge in [-0.15, -0.1) is 0 Å². The molecule has 16 rings (SSSR count). The zero-order chi connectivity index (χ0) is 91.1. The van der Waals surface area contributed by atoms with Gasteiger partial charge in [0.15, 0.2) is 0 Å². The SMILES string of the molecule is Cc1cccc(COc2ccccc2CN(CC[C@H](N)OP(=O)(O)O)Cc2ccccc2OCc2ccc(-c3cc(C)cc(COc4ccccc4CN(Cc4ccccc4OCc4ccc(-c5cc(C)cc(COc6ccccc6CN(Cc6ccccc6OCc6cccc(C)c6)c6ccc7c(c6)C(=O)C(=O)N7)c5)c(C)c4)c4ccc5[nH]c(=O)c(=O)[nH]c5c4)c3)c(C)c2)c1. The normalized spacial score (nSPS) is 12.1. The minimum Gasteiger partial charge on any atom is -0.489 e. The van der Waals surface area contributed by atoms with Crippen LogP contribution in [0.15, 0.2) is 313 Å². The van der Waals surface area contributed by atoms with E-state index in [1.165, 1.54) is 0 Å². The number of nitrogens with one attached hydrogen (secondary N) is 3. The zero-order valence-corrected chi connectivity index (χ0v) is 74.9. The van der Waals surface area contributed by atoms with E-state index >= 15 is 0 Å². The Hall–Kier alpha value is -14.4. The van der Waals surface area contributed by atoms with Crippen LogP contribution in [0.4, 0.5) is 17.1 Å². The highest BCUT2D eigenvalue weighted by atomic mass is 31.2. The molecule has 0 bridgehead atoms. The molecule has 21 nitrogen and oxygen atoms in total. The van der Waals surface area contributed by atoms with E-state index in [9.17, 15) is 33.5 Å². The van der Waals surface area contributed by atoms with Crippen molar-refractivity contribution < 1.29 is 56.9 Å². The number of ether oxygens (including phenoxy) is 6. The number of para-hydroxylation sites is 6. The maximum absolute atomic E-state index is 13.1. The molecule has 0 saturated carbocycles. The Balaban J connectivity index is 0.578. The van der Waals surface area contributed by atoms with Crippen molar-refractivity contribution in [1.29, 1.82) is 0 Å². The molecule has 664 valence electrons. The number of fused-ring (bicyclic) bond motifs is 2. The van der Waals surface area contributed by atoms with Gasteiger partial charge in [-0.3, -0.25) is 28.6 Å². The minimum atomic E-state index is -4.83. The number of aromatic amines is 2. The van der Waals surface area contributed by atoms with E-state index < -0.39 is 36.9 Å². The second-order valence-electron chi connectivity index (χ2n) is 33.6. The molecule has 14 aromatic carbocycles. The van der Waals surface area contributed by atoms with E-state index in [-0.39, 0.29) is 26.2 Å². The summed E-state index contributed by atoms with van der Waals surface area (Å²) in [5.74, 6) is 3.03. The number of aryl methyl sites for hydroxylation is 6. The number of hydrogen-bond acceptors (Lipinski definition) is 16. The molecule has 131 heavy (non-hydrogen) atoms. The number of Topliss-reactive ketones (excluding diaryl/α,β-unsaturated/α-hetero) is 1. The van der Waals surface area contributed by atoms with Gasteiger partial charge in [0.05, 0.1) is 22.3 Å². The van der Waals surface area contributed by atoms with Crippen LogP contribution in [0.25, 0.3) is 33.3 Å². The second kappa shape index (κ2) is 41.3. The number of phosphoric acid groups is 1. The van der Waals surface area contributed by atoms with Crippen molar-refractivity contribution in [3.8, 4) is 56.8 Å². The first-order chi connectivity index (χ1) is 63.4. The van der Waals surface area contributed by atoms with E-state index in [1.807, 2.05) is 171 Å². The maximum atomic E-state index is 13.1. The number of aromatic nitrogens is 2.